The molecule has 1 amide bonds. The van der Waals surface area contributed by atoms with E-state index in [4.69, 9.17) is 0 Å². The van der Waals surface area contributed by atoms with E-state index in [9.17, 15) is 4.79 Å². The minimum absolute atomic E-state index is 0.0923. The molecule has 4 nitrogen and oxygen atoms in total. The third-order valence-corrected chi connectivity index (χ3v) is 4.39. The maximum absolute atomic E-state index is 12.5. The Hall–Kier alpha value is -2.53. The molecule has 0 aliphatic heterocycles. The van der Waals surface area contributed by atoms with E-state index in [0.717, 1.165) is 16.3 Å². The molecule has 0 aliphatic rings. The summed E-state index contributed by atoms with van der Waals surface area (Å²) in [6.45, 7) is 2.52. The molecule has 0 saturated heterocycles. The van der Waals surface area contributed by atoms with E-state index in [2.05, 4.69) is 9.97 Å². The predicted octanol–water partition coefficient (Wildman–Crippen LogP) is 3.79. The molecule has 0 N–H and O–H groups in total. The molecule has 0 unspecified atom stereocenters. The second kappa shape index (κ2) is 6.71. The van der Waals surface area contributed by atoms with Gasteiger partial charge in [0.05, 0.1) is 12.2 Å². The highest BCUT2D eigenvalue weighted by atomic mass is 32.1. The van der Waals surface area contributed by atoms with E-state index in [-0.39, 0.29) is 5.91 Å². The lowest BCUT2D eigenvalue weighted by atomic mass is 10.2. The second-order valence-electron chi connectivity index (χ2n) is 5.39. The van der Waals surface area contributed by atoms with Crippen LogP contribution in [0.25, 0.3) is 10.6 Å². The smallest absolute Gasteiger partial charge is 0.273 e. The summed E-state index contributed by atoms with van der Waals surface area (Å²) >= 11 is 1.49. The summed E-state index contributed by atoms with van der Waals surface area (Å²) in [5.41, 5.74) is 3.57. The molecule has 3 rings (SSSR count). The highest BCUT2D eigenvalue weighted by Crippen LogP contribution is 2.24. The summed E-state index contributed by atoms with van der Waals surface area (Å²) in [4.78, 5) is 22.8. The van der Waals surface area contributed by atoms with Gasteiger partial charge in [-0.25, -0.2) is 4.98 Å². The number of amides is 1. The number of thiazole rings is 1. The van der Waals surface area contributed by atoms with Gasteiger partial charge in [-0.15, -0.1) is 11.3 Å². The lowest BCUT2D eigenvalue weighted by Gasteiger charge is -2.15. The zero-order valence-corrected chi connectivity index (χ0v) is 13.9. The lowest BCUT2D eigenvalue weighted by Crippen LogP contribution is -2.26. The van der Waals surface area contributed by atoms with Crippen LogP contribution >= 0.6 is 11.3 Å². The Morgan fingerprint density at radius 1 is 1.17 bits per heavy atom. The van der Waals surface area contributed by atoms with Crippen LogP contribution in [0.2, 0.25) is 0 Å². The van der Waals surface area contributed by atoms with E-state index in [1.165, 1.54) is 16.9 Å². The van der Waals surface area contributed by atoms with Crippen LogP contribution in [0.3, 0.4) is 0 Å². The summed E-state index contributed by atoms with van der Waals surface area (Å²) < 4.78 is 0. The average Bonchev–Trinajstić information content (AvgIpc) is 3.05. The SMILES string of the molecule is Cc1ccc(-c2nc(C(=O)N(C)Cc3ccccn3)cs2)cc1. The Bertz CT molecular complexity index is 797. The quantitative estimate of drug-likeness (QED) is 0.734. The molecular formula is C18H17N3OS. The zero-order valence-electron chi connectivity index (χ0n) is 13.1. The monoisotopic (exact) mass is 323 g/mol. The van der Waals surface area contributed by atoms with Crippen molar-refractivity contribution in [3.63, 3.8) is 0 Å². The highest BCUT2D eigenvalue weighted by molar-refractivity contribution is 7.13. The highest BCUT2D eigenvalue weighted by Gasteiger charge is 2.16. The molecule has 0 atom stereocenters. The van der Waals surface area contributed by atoms with Crippen LogP contribution in [0.4, 0.5) is 0 Å². The van der Waals surface area contributed by atoms with Crippen molar-refractivity contribution in [1.29, 1.82) is 0 Å². The fourth-order valence-corrected chi connectivity index (χ4v) is 3.00. The summed E-state index contributed by atoms with van der Waals surface area (Å²) in [5.74, 6) is -0.0923. The normalized spacial score (nSPS) is 10.5. The number of benzene rings is 1. The number of carbonyl (C=O) groups is 1. The maximum Gasteiger partial charge on any atom is 0.273 e. The molecule has 23 heavy (non-hydrogen) atoms. The molecular weight excluding hydrogens is 306 g/mol. The number of rotatable bonds is 4. The van der Waals surface area contributed by atoms with Crippen LogP contribution < -0.4 is 0 Å². The Morgan fingerprint density at radius 3 is 2.65 bits per heavy atom. The zero-order chi connectivity index (χ0) is 16.2. The maximum atomic E-state index is 12.5. The molecule has 0 radical (unpaired) electrons. The molecule has 1 aromatic carbocycles. The van der Waals surface area contributed by atoms with Crippen molar-refractivity contribution in [2.75, 3.05) is 7.05 Å². The van der Waals surface area contributed by atoms with Crippen molar-refractivity contribution in [2.24, 2.45) is 0 Å². The number of aromatic nitrogens is 2. The van der Waals surface area contributed by atoms with Crippen LogP contribution in [-0.2, 0) is 6.54 Å². The van der Waals surface area contributed by atoms with Gasteiger partial charge in [0.25, 0.3) is 5.91 Å². The Morgan fingerprint density at radius 2 is 1.96 bits per heavy atom. The topological polar surface area (TPSA) is 46.1 Å². The molecule has 3 aromatic rings. The van der Waals surface area contributed by atoms with Crippen molar-refractivity contribution in [3.8, 4) is 10.6 Å². The lowest BCUT2D eigenvalue weighted by molar-refractivity contribution is 0.0778. The first kappa shape index (κ1) is 15.4. The molecule has 0 spiro atoms. The Balaban J connectivity index is 1.74. The number of hydrogen-bond donors (Lipinski definition) is 0. The van der Waals surface area contributed by atoms with E-state index < -0.39 is 0 Å². The minimum atomic E-state index is -0.0923. The number of pyridine rings is 1. The fraction of sp³-hybridized carbons (Fsp3) is 0.167. The van der Waals surface area contributed by atoms with Crippen molar-refractivity contribution < 1.29 is 4.79 Å². The van der Waals surface area contributed by atoms with Gasteiger partial charge in [-0.1, -0.05) is 35.9 Å². The van der Waals surface area contributed by atoms with Gasteiger partial charge in [-0.2, -0.15) is 0 Å². The molecule has 2 aromatic heterocycles. The molecule has 5 heteroatoms. The van der Waals surface area contributed by atoms with Crippen LogP contribution in [0.1, 0.15) is 21.7 Å². The Kier molecular flexibility index (Phi) is 4.48. The molecule has 116 valence electrons. The first-order chi connectivity index (χ1) is 11.1. The van der Waals surface area contributed by atoms with Crippen LogP contribution in [0.15, 0.2) is 54.0 Å². The third kappa shape index (κ3) is 3.63. The van der Waals surface area contributed by atoms with Gasteiger partial charge in [-0.3, -0.25) is 9.78 Å². The number of aryl methyl sites for hydroxylation is 1. The van der Waals surface area contributed by atoms with E-state index in [0.29, 0.717) is 12.2 Å². The van der Waals surface area contributed by atoms with Crippen molar-refractivity contribution in [1.82, 2.24) is 14.9 Å². The molecule has 0 saturated carbocycles. The Labute approximate surface area is 139 Å². The van der Waals surface area contributed by atoms with Gasteiger partial charge < -0.3 is 4.90 Å². The molecule has 0 bridgehead atoms. The van der Waals surface area contributed by atoms with Gasteiger partial charge in [-0.05, 0) is 19.1 Å². The van der Waals surface area contributed by atoms with E-state index in [1.807, 2.05) is 54.8 Å². The molecule has 2 heterocycles. The van der Waals surface area contributed by atoms with E-state index in [1.54, 1.807) is 18.1 Å². The fourth-order valence-electron chi connectivity index (χ4n) is 2.20. The largest absolute Gasteiger partial charge is 0.334 e. The summed E-state index contributed by atoms with van der Waals surface area (Å²) in [6, 6.07) is 13.8. The van der Waals surface area contributed by atoms with Gasteiger partial charge in [0.2, 0.25) is 0 Å². The van der Waals surface area contributed by atoms with Crippen LogP contribution in [0, 0.1) is 6.92 Å². The van der Waals surface area contributed by atoms with Crippen molar-refractivity contribution in [2.45, 2.75) is 13.5 Å². The molecule has 0 aliphatic carbocycles. The average molecular weight is 323 g/mol. The van der Waals surface area contributed by atoms with Crippen molar-refractivity contribution >= 4 is 17.2 Å². The third-order valence-electron chi connectivity index (χ3n) is 3.49. The van der Waals surface area contributed by atoms with Gasteiger partial charge >= 0.3 is 0 Å². The van der Waals surface area contributed by atoms with E-state index >= 15 is 0 Å². The number of nitrogens with zero attached hydrogens (tertiary/aromatic N) is 3. The minimum Gasteiger partial charge on any atom is -0.334 e. The first-order valence-electron chi connectivity index (χ1n) is 7.31. The molecule has 0 fully saturated rings. The number of hydrogen-bond acceptors (Lipinski definition) is 4. The van der Waals surface area contributed by atoms with Crippen molar-refractivity contribution in [3.05, 3.63) is 71.0 Å². The van der Waals surface area contributed by atoms with Gasteiger partial charge in [0.15, 0.2) is 0 Å². The standard InChI is InChI=1S/C18H17N3OS/c1-13-6-8-14(9-7-13)17-20-16(12-23-17)18(22)21(2)11-15-5-3-4-10-19-15/h3-10,12H,11H2,1-2H3. The van der Waals surface area contributed by atoms with Crippen LogP contribution in [0.5, 0.6) is 0 Å². The van der Waals surface area contributed by atoms with Crippen LogP contribution in [-0.4, -0.2) is 27.8 Å². The van der Waals surface area contributed by atoms with Gasteiger partial charge in [0, 0.05) is 24.2 Å². The first-order valence-corrected chi connectivity index (χ1v) is 8.19. The summed E-state index contributed by atoms with van der Waals surface area (Å²) in [5, 5.41) is 2.67. The number of carbonyl (C=O) groups excluding carboxylic acids is 1. The predicted molar refractivity (Wildman–Crippen MR) is 92.3 cm³/mol. The van der Waals surface area contributed by atoms with Gasteiger partial charge in [0.1, 0.15) is 10.7 Å². The summed E-state index contributed by atoms with van der Waals surface area (Å²) in [7, 11) is 1.77. The summed E-state index contributed by atoms with van der Waals surface area (Å²) in [6.07, 6.45) is 1.73. The second-order valence-corrected chi connectivity index (χ2v) is 6.24.